The quantitative estimate of drug-likeness (QED) is 0.0839. The van der Waals surface area contributed by atoms with E-state index in [0.717, 1.165) is 25.7 Å². The number of nitrogens with one attached hydrogen (secondary N) is 2. The molecule has 476 valence electrons. The third-order valence-corrected chi connectivity index (χ3v) is 22.6. The molecular weight excluding hydrogens is 1260 g/mol. The van der Waals surface area contributed by atoms with Gasteiger partial charge in [-0.25, -0.2) is 25.6 Å². The molecule has 2 N–H and O–H groups in total. The van der Waals surface area contributed by atoms with Crippen molar-refractivity contribution in [2.75, 3.05) is 22.1 Å². The van der Waals surface area contributed by atoms with Gasteiger partial charge in [0.1, 0.15) is 36.1 Å². The molecule has 6 aromatic rings. The molecular formula is C67H74Cl4F2N4O10S2. The van der Waals surface area contributed by atoms with Crippen molar-refractivity contribution in [2.45, 2.75) is 146 Å². The monoisotopic (exact) mass is 1340 g/mol. The van der Waals surface area contributed by atoms with E-state index in [2.05, 4.69) is 10.6 Å². The van der Waals surface area contributed by atoms with Crippen LogP contribution in [0, 0.1) is 23.5 Å². The molecule has 4 aliphatic rings. The maximum Gasteiger partial charge on any atom is 0.253 e. The Morgan fingerprint density at radius 1 is 0.506 bits per heavy atom. The van der Waals surface area contributed by atoms with Crippen LogP contribution in [0.5, 0.6) is 0 Å². The van der Waals surface area contributed by atoms with Gasteiger partial charge in [0.2, 0.25) is 11.8 Å². The second kappa shape index (κ2) is 28.3. The smallest absolute Gasteiger partial charge is 0.253 e. The summed E-state index contributed by atoms with van der Waals surface area (Å²) in [5.74, 6) is -4.05. The van der Waals surface area contributed by atoms with Gasteiger partial charge in [-0.05, 0) is 174 Å². The van der Waals surface area contributed by atoms with Crippen molar-refractivity contribution < 1.29 is 54.3 Å². The van der Waals surface area contributed by atoms with E-state index in [1.54, 1.807) is 148 Å². The van der Waals surface area contributed by atoms with E-state index in [1.807, 2.05) is 12.1 Å². The number of sulfone groups is 2. The predicted molar refractivity (Wildman–Crippen MR) is 346 cm³/mol. The van der Waals surface area contributed by atoms with E-state index in [-0.39, 0.29) is 42.1 Å². The van der Waals surface area contributed by atoms with Crippen LogP contribution in [0.1, 0.15) is 134 Å². The molecule has 0 aromatic heterocycles. The van der Waals surface area contributed by atoms with E-state index in [9.17, 15) is 44.8 Å². The van der Waals surface area contributed by atoms with Crippen LogP contribution in [0.3, 0.4) is 0 Å². The summed E-state index contributed by atoms with van der Waals surface area (Å²) in [4.78, 5) is 58.6. The zero-order valence-electron chi connectivity index (χ0n) is 49.3. The number of hydrogen-bond acceptors (Lipinski definition) is 10. The molecule has 0 spiro atoms. The van der Waals surface area contributed by atoms with Crippen LogP contribution in [0.4, 0.5) is 20.2 Å². The number of morpholine rings is 2. The molecule has 0 radical (unpaired) electrons. The summed E-state index contributed by atoms with van der Waals surface area (Å²) in [5, 5.41) is 6.97. The standard InChI is InChI=1S/2C33H35Cl2FN2O5S.CH4/c2*1-33(2,3)44(41,42)19-27(20-11-12-20)38-30(21-13-15-23(34)16-14-21)31(22-7-6-8-24(35)17-22)43-28(32(38)40)18-29(39)37-26-10-5-4-9-25(26)36;/h2*4-10,13-17,20,27-28,30-31H,11-12,18-19H2,1-3H3,(H,37,39);1H4/t27-,28+,30-,31-;27-,28-,30-,31-;/m11./s1. The van der Waals surface area contributed by atoms with Gasteiger partial charge in [0.25, 0.3) is 11.8 Å². The van der Waals surface area contributed by atoms with Crippen LogP contribution in [0.2, 0.25) is 20.1 Å². The fourth-order valence-corrected chi connectivity index (χ4v) is 14.5. The Kier molecular flexibility index (Phi) is 21.9. The van der Waals surface area contributed by atoms with E-state index >= 15 is 0 Å². The Balaban J connectivity index is 0.000000228. The number of para-hydroxylation sites is 2. The summed E-state index contributed by atoms with van der Waals surface area (Å²) in [6.45, 7) is 9.89. The highest BCUT2D eigenvalue weighted by atomic mass is 35.5. The SMILES string of the molecule is C.CC(C)(C)S(=O)(=O)C[C@H](C1CC1)N1C(=O)[C@@H](CC(=O)Nc2ccccc2F)O[C@H](c2cccc(Cl)c2)[C@H]1c1ccc(Cl)cc1.CC(C)(C)S(=O)(=O)C[C@H](C1CC1)N1C(=O)[C@H](CC(=O)Nc2ccccc2F)O[C@H](c2cccc(Cl)c2)[C@H]1c1ccc(Cl)cc1. The number of benzene rings is 6. The van der Waals surface area contributed by atoms with Crippen molar-refractivity contribution in [1.29, 1.82) is 0 Å². The molecule has 22 heteroatoms. The van der Waals surface area contributed by atoms with Gasteiger partial charge in [0, 0.05) is 32.2 Å². The first-order chi connectivity index (χ1) is 41.5. The summed E-state index contributed by atoms with van der Waals surface area (Å²) >= 11 is 25.3. The average molecular weight is 1340 g/mol. The first-order valence-electron chi connectivity index (χ1n) is 29.0. The van der Waals surface area contributed by atoms with Gasteiger partial charge in [-0.3, -0.25) is 19.2 Å². The largest absolute Gasteiger partial charge is 0.357 e. The molecule has 2 aliphatic heterocycles. The molecule has 2 saturated carbocycles. The number of anilines is 2. The summed E-state index contributed by atoms with van der Waals surface area (Å²) in [7, 11) is -7.32. The molecule has 2 aliphatic carbocycles. The summed E-state index contributed by atoms with van der Waals surface area (Å²) in [5.41, 5.74) is 2.66. The maximum absolute atomic E-state index is 14.5. The first-order valence-corrected chi connectivity index (χ1v) is 33.8. The number of amides is 4. The Hall–Kier alpha value is -5.96. The molecule has 4 fully saturated rings. The van der Waals surface area contributed by atoms with Crippen molar-refractivity contribution in [3.05, 3.63) is 200 Å². The first kappa shape index (κ1) is 68.9. The molecule has 10 rings (SSSR count). The lowest BCUT2D eigenvalue weighted by Gasteiger charge is -2.48. The normalized spacial score (nSPS) is 21.4. The van der Waals surface area contributed by atoms with Crippen molar-refractivity contribution in [3.63, 3.8) is 0 Å². The van der Waals surface area contributed by atoms with Crippen LogP contribution in [-0.4, -0.2) is 95.6 Å². The zero-order chi connectivity index (χ0) is 63.6. The average Bonchev–Trinajstić information content (AvgIpc) is 1.84. The van der Waals surface area contributed by atoms with Gasteiger partial charge in [0.15, 0.2) is 19.7 Å². The van der Waals surface area contributed by atoms with Crippen LogP contribution in [0.25, 0.3) is 0 Å². The van der Waals surface area contributed by atoms with E-state index in [0.29, 0.717) is 42.3 Å². The lowest BCUT2D eigenvalue weighted by Crippen LogP contribution is -2.58. The highest BCUT2D eigenvalue weighted by Crippen LogP contribution is 2.51. The highest BCUT2D eigenvalue weighted by molar-refractivity contribution is 7.93. The summed E-state index contributed by atoms with van der Waals surface area (Å²) < 4.78 is 93.9. The minimum atomic E-state index is -3.66. The van der Waals surface area contributed by atoms with Crippen LogP contribution in [-0.2, 0) is 48.3 Å². The van der Waals surface area contributed by atoms with Gasteiger partial charge < -0.3 is 29.9 Å². The highest BCUT2D eigenvalue weighted by Gasteiger charge is 2.54. The van der Waals surface area contributed by atoms with Gasteiger partial charge >= 0.3 is 0 Å². The minimum Gasteiger partial charge on any atom is -0.357 e. The van der Waals surface area contributed by atoms with Gasteiger partial charge in [0.05, 0.1) is 57.3 Å². The Bertz CT molecular complexity index is 3530. The number of nitrogens with zero attached hydrogens (tertiary/aromatic N) is 2. The third-order valence-electron chi connectivity index (χ3n) is 16.4. The second-order valence-electron chi connectivity index (χ2n) is 24.7. The molecule has 89 heavy (non-hydrogen) atoms. The van der Waals surface area contributed by atoms with E-state index < -0.39 is 126 Å². The molecule has 8 atom stereocenters. The maximum atomic E-state index is 14.5. The number of halogens is 6. The molecule has 14 nitrogen and oxygen atoms in total. The number of hydrogen-bond donors (Lipinski definition) is 2. The third kappa shape index (κ3) is 16.6. The number of carbonyl (C=O) groups excluding carboxylic acids is 4. The molecule has 2 heterocycles. The Labute approximate surface area is 540 Å². The Morgan fingerprint density at radius 3 is 1.15 bits per heavy atom. The lowest BCUT2D eigenvalue weighted by molar-refractivity contribution is -0.181. The van der Waals surface area contributed by atoms with E-state index in [4.69, 9.17) is 55.9 Å². The molecule has 2 saturated heterocycles. The topological polar surface area (TPSA) is 186 Å². The van der Waals surface area contributed by atoms with Crippen LogP contribution >= 0.6 is 46.4 Å². The van der Waals surface area contributed by atoms with Crippen molar-refractivity contribution in [2.24, 2.45) is 11.8 Å². The van der Waals surface area contributed by atoms with E-state index in [1.165, 1.54) is 36.4 Å². The van der Waals surface area contributed by atoms with Gasteiger partial charge in [-0.1, -0.05) is 127 Å². The van der Waals surface area contributed by atoms with Gasteiger partial charge in [-0.2, -0.15) is 0 Å². The molecule has 0 bridgehead atoms. The van der Waals surface area contributed by atoms with Crippen molar-refractivity contribution >= 4 is 101 Å². The lowest BCUT2D eigenvalue weighted by atomic mass is 9.89. The zero-order valence-corrected chi connectivity index (χ0v) is 54.0. The van der Waals surface area contributed by atoms with Crippen LogP contribution < -0.4 is 10.6 Å². The molecule has 4 amide bonds. The number of rotatable bonds is 18. The number of carbonyl (C=O) groups is 4. The van der Waals surface area contributed by atoms with Crippen molar-refractivity contribution in [3.8, 4) is 0 Å². The van der Waals surface area contributed by atoms with Gasteiger partial charge in [-0.15, -0.1) is 0 Å². The second-order valence-corrected chi connectivity index (χ2v) is 32.1. The van der Waals surface area contributed by atoms with Crippen molar-refractivity contribution in [1.82, 2.24) is 9.80 Å². The Morgan fingerprint density at radius 2 is 0.843 bits per heavy atom. The van der Waals surface area contributed by atoms with Crippen LogP contribution in [0.15, 0.2) is 146 Å². The fraction of sp³-hybridized carbons (Fsp3) is 0.403. The number of ether oxygens (including phenoxy) is 2. The fourth-order valence-electron chi connectivity index (χ4n) is 11.1. The molecule has 6 aromatic carbocycles. The summed E-state index contributed by atoms with van der Waals surface area (Å²) in [6, 6.07) is 36.7. The predicted octanol–water partition coefficient (Wildman–Crippen LogP) is 15.0. The summed E-state index contributed by atoms with van der Waals surface area (Å²) in [6.07, 6.45) is -1.90. The minimum absolute atomic E-state index is 0. The molecule has 0 unspecified atom stereocenters.